The molecule has 2 nitrogen and oxygen atoms in total. The van der Waals surface area contributed by atoms with Crippen LogP contribution in [0.2, 0.25) is 0 Å². The van der Waals surface area contributed by atoms with Gasteiger partial charge in [-0.15, -0.1) is 0 Å². The molecule has 0 aliphatic rings. The van der Waals surface area contributed by atoms with Gasteiger partial charge in [0.1, 0.15) is 0 Å². The molecule has 2 aromatic carbocycles. The number of nitrogens with two attached hydrogens (primary N) is 1. The molecule has 0 bridgehead atoms. The number of anilines is 1. The van der Waals surface area contributed by atoms with E-state index >= 15 is 0 Å². The summed E-state index contributed by atoms with van der Waals surface area (Å²) in [6.45, 7) is 0.0677. The van der Waals surface area contributed by atoms with E-state index in [-0.39, 0.29) is 12.5 Å². The van der Waals surface area contributed by atoms with Gasteiger partial charge in [0.25, 0.3) is 0 Å². The van der Waals surface area contributed by atoms with E-state index in [0.717, 1.165) is 16.8 Å². The van der Waals surface area contributed by atoms with Crippen LogP contribution < -0.4 is 5.73 Å². The van der Waals surface area contributed by atoms with E-state index in [2.05, 4.69) is 0 Å². The van der Waals surface area contributed by atoms with Gasteiger partial charge in [0.2, 0.25) is 0 Å². The fourth-order valence-corrected chi connectivity index (χ4v) is 1.90. The molecule has 1 atom stereocenters. The van der Waals surface area contributed by atoms with Gasteiger partial charge < -0.3 is 10.8 Å². The van der Waals surface area contributed by atoms with Crippen LogP contribution in [0.15, 0.2) is 54.6 Å². The summed E-state index contributed by atoms with van der Waals surface area (Å²) in [5.74, 6) is -0.0394. The van der Waals surface area contributed by atoms with Gasteiger partial charge in [-0.2, -0.15) is 0 Å². The largest absolute Gasteiger partial charge is 0.398 e. The molecule has 0 aliphatic carbocycles. The molecule has 16 heavy (non-hydrogen) atoms. The molecule has 0 saturated heterocycles. The molecular formula is C14H15NO. The summed E-state index contributed by atoms with van der Waals surface area (Å²) in [4.78, 5) is 0. The Morgan fingerprint density at radius 3 is 2.19 bits per heavy atom. The van der Waals surface area contributed by atoms with Crippen molar-refractivity contribution in [3.63, 3.8) is 0 Å². The van der Waals surface area contributed by atoms with Crippen molar-refractivity contribution < 1.29 is 5.11 Å². The van der Waals surface area contributed by atoms with Crippen molar-refractivity contribution >= 4 is 5.69 Å². The number of benzene rings is 2. The number of para-hydroxylation sites is 1. The zero-order chi connectivity index (χ0) is 11.4. The molecule has 0 aliphatic heterocycles. The van der Waals surface area contributed by atoms with Crippen LogP contribution in [-0.2, 0) is 0 Å². The predicted octanol–water partition coefficient (Wildman–Crippen LogP) is 2.39. The van der Waals surface area contributed by atoms with Crippen molar-refractivity contribution in [2.75, 3.05) is 12.3 Å². The Morgan fingerprint density at radius 2 is 1.56 bits per heavy atom. The van der Waals surface area contributed by atoms with Gasteiger partial charge in [0.05, 0.1) is 6.61 Å². The number of nitrogen functional groups attached to an aromatic ring is 1. The van der Waals surface area contributed by atoms with E-state index in [1.54, 1.807) is 0 Å². The first kappa shape index (κ1) is 10.7. The minimum atomic E-state index is -0.0394. The molecular weight excluding hydrogens is 198 g/mol. The quantitative estimate of drug-likeness (QED) is 0.769. The topological polar surface area (TPSA) is 46.2 Å². The van der Waals surface area contributed by atoms with E-state index in [4.69, 9.17) is 5.73 Å². The molecule has 0 amide bonds. The van der Waals surface area contributed by atoms with Crippen molar-refractivity contribution in [3.8, 4) is 0 Å². The van der Waals surface area contributed by atoms with Crippen molar-refractivity contribution in [3.05, 3.63) is 65.7 Å². The van der Waals surface area contributed by atoms with Gasteiger partial charge >= 0.3 is 0 Å². The first-order valence-electron chi connectivity index (χ1n) is 5.33. The van der Waals surface area contributed by atoms with E-state index in [0.29, 0.717) is 0 Å². The lowest BCUT2D eigenvalue weighted by Crippen LogP contribution is -2.08. The molecule has 0 fully saturated rings. The summed E-state index contributed by atoms with van der Waals surface area (Å²) < 4.78 is 0. The first-order valence-corrected chi connectivity index (χ1v) is 5.33. The molecule has 0 aromatic heterocycles. The van der Waals surface area contributed by atoms with Crippen molar-refractivity contribution in [2.45, 2.75) is 5.92 Å². The van der Waals surface area contributed by atoms with Crippen molar-refractivity contribution in [1.29, 1.82) is 0 Å². The predicted molar refractivity (Wildman–Crippen MR) is 66.2 cm³/mol. The monoisotopic (exact) mass is 213 g/mol. The SMILES string of the molecule is Nc1ccccc1C(CO)c1ccccc1. The number of aliphatic hydroxyl groups excluding tert-OH is 1. The highest BCUT2D eigenvalue weighted by Gasteiger charge is 2.14. The van der Waals surface area contributed by atoms with Crippen molar-refractivity contribution in [2.24, 2.45) is 0 Å². The second-order valence-electron chi connectivity index (χ2n) is 3.77. The zero-order valence-electron chi connectivity index (χ0n) is 9.01. The summed E-state index contributed by atoms with van der Waals surface area (Å²) in [6.07, 6.45) is 0. The molecule has 3 N–H and O–H groups in total. The minimum absolute atomic E-state index is 0.0394. The van der Waals surface area contributed by atoms with Crippen LogP contribution >= 0.6 is 0 Å². The van der Waals surface area contributed by atoms with Crippen molar-refractivity contribution in [1.82, 2.24) is 0 Å². The Kier molecular flexibility index (Phi) is 3.22. The fraction of sp³-hybridized carbons (Fsp3) is 0.143. The lowest BCUT2D eigenvalue weighted by Gasteiger charge is -2.16. The molecule has 1 unspecified atom stereocenters. The summed E-state index contributed by atoms with van der Waals surface area (Å²) in [5, 5.41) is 9.50. The van der Waals surface area contributed by atoms with Gasteiger partial charge in [-0.3, -0.25) is 0 Å². The van der Waals surface area contributed by atoms with Crippen LogP contribution in [0.4, 0.5) is 5.69 Å². The number of hydrogen-bond donors (Lipinski definition) is 2. The van der Waals surface area contributed by atoms with Crippen LogP contribution in [-0.4, -0.2) is 11.7 Å². The maximum absolute atomic E-state index is 9.50. The van der Waals surface area contributed by atoms with E-state index in [9.17, 15) is 5.11 Å². The smallest absolute Gasteiger partial charge is 0.0541 e. The Labute approximate surface area is 95.4 Å². The summed E-state index contributed by atoms with van der Waals surface area (Å²) in [7, 11) is 0. The number of hydrogen-bond acceptors (Lipinski definition) is 2. The van der Waals surface area contributed by atoms with Crippen LogP contribution in [0.1, 0.15) is 17.0 Å². The maximum atomic E-state index is 9.50. The van der Waals surface area contributed by atoms with E-state index < -0.39 is 0 Å². The van der Waals surface area contributed by atoms with Crippen LogP contribution in [0.3, 0.4) is 0 Å². The van der Waals surface area contributed by atoms with Gasteiger partial charge in [0, 0.05) is 11.6 Å². The molecule has 0 saturated carbocycles. The zero-order valence-corrected chi connectivity index (χ0v) is 9.01. The number of rotatable bonds is 3. The second-order valence-corrected chi connectivity index (χ2v) is 3.77. The molecule has 0 heterocycles. The lowest BCUT2D eigenvalue weighted by atomic mass is 9.91. The lowest BCUT2D eigenvalue weighted by molar-refractivity contribution is 0.281. The normalized spacial score (nSPS) is 12.3. The molecule has 2 rings (SSSR count). The molecule has 0 radical (unpaired) electrons. The van der Waals surface area contributed by atoms with Gasteiger partial charge in [0.15, 0.2) is 0 Å². The Hall–Kier alpha value is -1.80. The standard InChI is InChI=1S/C14H15NO/c15-14-9-5-4-8-12(14)13(10-16)11-6-2-1-3-7-11/h1-9,13,16H,10,15H2. The third-order valence-electron chi connectivity index (χ3n) is 2.76. The second kappa shape index (κ2) is 4.81. The highest BCUT2D eigenvalue weighted by Crippen LogP contribution is 2.27. The number of aliphatic hydroxyl groups is 1. The highest BCUT2D eigenvalue weighted by atomic mass is 16.3. The third-order valence-corrected chi connectivity index (χ3v) is 2.76. The first-order chi connectivity index (χ1) is 7.83. The summed E-state index contributed by atoms with van der Waals surface area (Å²) in [5.41, 5.74) is 8.72. The Morgan fingerprint density at radius 1 is 0.938 bits per heavy atom. The van der Waals surface area contributed by atoms with Crippen LogP contribution in [0, 0.1) is 0 Å². The molecule has 82 valence electrons. The average molecular weight is 213 g/mol. The third kappa shape index (κ3) is 2.07. The van der Waals surface area contributed by atoms with E-state index in [1.807, 2.05) is 54.6 Å². The molecule has 2 aromatic rings. The van der Waals surface area contributed by atoms with Gasteiger partial charge in [-0.1, -0.05) is 48.5 Å². The Balaban J connectivity index is 2.41. The van der Waals surface area contributed by atoms with Crippen LogP contribution in [0.25, 0.3) is 0 Å². The minimum Gasteiger partial charge on any atom is -0.398 e. The summed E-state index contributed by atoms with van der Waals surface area (Å²) in [6, 6.07) is 17.6. The fourth-order valence-electron chi connectivity index (χ4n) is 1.90. The maximum Gasteiger partial charge on any atom is 0.0541 e. The van der Waals surface area contributed by atoms with E-state index in [1.165, 1.54) is 0 Å². The highest BCUT2D eigenvalue weighted by molar-refractivity contribution is 5.51. The van der Waals surface area contributed by atoms with Gasteiger partial charge in [-0.25, -0.2) is 0 Å². The summed E-state index contributed by atoms with van der Waals surface area (Å²) >= 11 is 0. The molecule has 2 heteroatoms. The van der Waals surface area contributed by atoms with Gasteiger partial charge in [-0.05, 0) is 17.2 Å². The average Bonchev–Trinajstić information content (AvgIpc) is 2.34. The van der Waals surface area contributed by atoms with Crippen LogP contribution in [0.5, 0.6) is 0 Å². The molecule has 0 spiro atoms. The Bertz CT molecular complexity index is 453.